The van der Waals surface area contributed by atoms with E-state index in [0.717, 1.165) is 0 Å². The summed E-state index contributed by atoms with van der Waals surface area (Å²) in [5.74, 6) is 0. The highest BCUT2D eigenvalue weighted by Crippen LogP contribution is 2.36. The summed E-state index contributed by atoms with van der Waals surface area (Å²) >= 11 is 3.28. The molecule has 90 valence electrons. The van der Waals surface area contributed by atoms with E-state index in [1.165, 1.54) is 0 Å². The first-order valence-corrected chi connectivity index (χ1v) is 6.23. The molecule has 0 fully saturated rings. The maximum atomic E-state index is 8.71. The molecule has 0 unspecified atom stereocenters. The third-order valence-corrected chi connectivity index (χ3v) is 3.67. The fourth-order valence-corrected chi connectivity index (χ4v) is 2.61. The number of hydrogen-bond acceptors (Lipinski definition) is 0. The zero-order chi connectivity index (χ0) is 22.4. The summed E-state index contributed by atoms with van der Waals surface area (Å²) in [6, 6.07) is -5.27. The van der Waals surface area contributed by atoms with E-state index < -0.39 is 66.5 Å². The average Bonchev–Trinajstić information content (AvgIpc) is 2.71. The van der Waals surface area contributed by atoms with Crippen LogP contribution in [0.3, 0.4) is 0 Å². The molecule has 0 nitrogen and oxygen atoms in total. The highest BCUT2D eigenvalue weighted by molar-refractivity contribution is 9.10. The molecule has 4 aromatic carbocycles. The topological polar surface area (TPSA) is 0 Å². The second-order valence-electron chi connectivity index (χ2n) is 3.94. The number of hydrogen-bond donors (Lipinski definition) is 0. The van der Waals surface area contributed by atoms with Crippen molar-refractivity contribution in [2.45, 2.75) is 0 Å². The second kappa shape index (κ2) is 4.07. The van der Waals surface area contributed by atoms with Gasteiger partial charge in [0, 0.05) is 4.47 Å². The van der Waals surface area contributed by atoms with Crippen LogP contribution >= 0.6 is 15.9 Å². The highest BCUT2D eigenvalue weighted by atomic mass is 79.9. The van der Waals surface area contributed by atoms with Gasteiger partial charge in [-0.15, -0.1) is 0 Å². The molecule has 0 aliphatic rings. The van der Waals surface area contributed by atoms with Gasteiger partial charge in [0.15, 0.2) is 0 Å². The smallest absolute Gasteiger partial charge is 0.0616 e. The Morgan fingerprint density at radius 1 is 0.632 bits per heavy atom. The van der Waals surface area contributed by atoms with Crippen LogP contribution in [0.4, 0.5) is 0 Å². The lowest BCUT2D eigenvalue weighted by molar-refractivity contribution is 1.75. The van der Waals surface area contributed by atoms with Crippen molar-refractivity contribution in [1.29, 1.82) is 0 Å². The Morgan fingerprint density at radius 3 is 2.16 bits per heavy atom. The van der Waals surface area contributed by atoms with Crippen molar-refractivity contribution in [2.24, 2.45) is 0 Å². The fraction of sp³-hybridized carbons (Fsp3) is 0. The number of fused-ring (bicyclic) bond motifs is 4. The lowest BCUT2D eigenvalue weighted by Gasteiger charge is -2.09. The molecule has 0 saturated carbocycles. The summed E-state index contributed by atoms with van der Waals surface area (Å²) in [4.78, 5) is 0. The van der Waals surface area contributed by atoms with Crippen LogP contribution < -0.4 is 0 Å². The van der Waals surface area contributed by atoms with Crippen molar-refractivity contribution in [3.05, 3.63) is 70.9 Å². The van der Waals surface area contributed by atoms with Gasteiger partial charge in [0.2, 0.25) is 0 Å². The standard InChI is InChI=1S/C18H11Br/c19-18-15-8-4-2-6-13(15)11-17-14-7-3-1-5-12(14)9-10-16(17)18/h1-11H/i1D,2D,3D,4D,5D,6D,7D,8D,9D,10D,11D. The summed E-state index contributed by atoms with van der Waals surface area (Å²) in [7, 11) is 0. The molecule has 4 aromatic rings. The van der Waals surface area contributed by atoms with Gasteiger partial charge in [-0.25, -0.2) is 0 Å². The van der Waals surface area contributed by atoms with Gasteiger partial charge in [-0.3, -0.25) is 0 Å². The van der Waals surface area contributed by atoms with E-state index >= 15 is 0 Å². The SMILES string of the molecule is [2H]c1c([2H])c([2H])c2c([2H])c3c(c([2H])c([2H])c4c([2H])c([2H])c([2H])c([2H])c43)c(Br)c2c1[2H]. The summed E-state index contributed by atoms with van der Waals surface area (Å²) in [5, 5.41) is -0.573. The summed E-state index contributed by atoms with van der Waals surface area (Å²) < 4.78 is 90.3. The molecule has 0 aliphatic heterocycles. The van der Waals surface area contributed by atoms with Crippen molar-refractivity contribution in [2.75, 3.05) is 0 Å². The predicted molar refractivity (Wildman–Crippen MR) is 86.7 cm³/mol. The summed E-state index contributed by atoms with van der Waals surface area (Å²) in [5.41, 5.74) is 0. The zero-order valence-corrected chi connectivity index (χ0v) is 11.0. The van der Waals surface area contributed by atoms with Crippen LogP contribution in [0.2, 0.25) is 0 Å². The van der Waals surface area contributed by atoms with Crippen LogP contribution in [-0.4, -0.2) is 0 Å². The van der Waals surface area contributed by atoms with Gasteiger partial charge >= 0.3 is 0 Å². The molecule has 4 rings (SSSR count). The van der Waals surface area contributed by atoms with E-state index in [4.69, 9.17) is 15.1 Å². The third-order valence-electron chi connectivity index (χ3n) is 2.88. The molecule has 19 heavy (non-hydrogen) atoms. The first-order chi connectivity index (χ1) is 13.9. The molecule has 0 heterocycles. The van der Waals surface area contributed by atoms with Crippen LogP contribution in [0.25, 0.3) is 32.3 Å². The molecule has 0 spiro atoms. The Labute approximate surface area is 135 Å². The monoisotopic (exact) mass is 317 g/mol. The van der Waals surface area contributed by atoms with Crippen molar-refractivity contribution < 1.29 is 15.1 Å². The molecule has 0 bridgehead atoms. The first kappa shape index (κ1) is 4.60. The molecule has 0 amide bonds. The Balaban J connectivity index is 2.54. The van der Waals surface area contributed by atoms with E-state index in [9.17, 15) is 0 Å². The molecule has 0 atom stereocenters. The maximum Gasteiger partial charge on any atom is 0.0636 e. The molecular formula is C18H11Br. The molecule has 0 aliphatic carbocycles. The maximum absolute atomic E-state index is 8.71. The lowest BCUT2D eigenvalue weighted by Crippen LogP contribution is -1.81. The van der Waals surface area contributed by atoms with Gasteiger partial charge in [-0.2, -0.15) is 0 Å². The quantitative estimate of drug-likeness (QED) is 0.279. The zero-order valence-electron chi connectivity index (χ0n) is 20.4. The van der Waals surface area contributed by atoms with Crippen LogP contribution in [0.5, 0.6) is 0 Å². The van der Waals surface area contributed by atoms with Gasteiger partial charge in [0.1, 0.15) is 0 Å². The van der Waals surface area contributed by atoms with Crippen molar-refractivity contribution in [1.82, 2.24) is 0 Å². The first-order valence-electron chi connectivity index (χ1n) is 10.9. The third kappa shape index (κ3) is 1.58. The van der Waals surface area contributed by atoms with Crippen molar-refractivity contribution in [3.63, 3.8) is 0 Å². The van der Waals surface area contributed by atoms with Crippen LogP contribution in [-0.2, 0) is 0 Å². The number of benzene rings is 4. The van der Waals surface area contributed by atoms with Crippen LogP contribution in [0, 0.1) is 0 Å². The predicted octanol–water partition coefficient (Wildman–Crippen LogP) is 5.91. The molecule has 0 N–H and O–H groups in total. The minimum atomic E-state index is -0.562. The normalized spacial score (nSPS) is 19.5. The van der Waals surface area contributed by atoms with Crippen molar-refractivity contribution in [3.8, 4) is 0 Å². The Hall–Kier alpha value is -1.86. The molecule has 0 aromatic heterocycles. The minimum Gasteiger partial charge on any atom is -0.0616 e. The van der Waals surface area contributed by atoms with Crippen molar-refractivity contribution >= 4 is 48.2 Å². The minimum absolute atomic E-state index is 0.0138. The highest BCUT2D eigenvalue weighted by Gasteiger charge is 2.07. The van der Waals surface area contributed by atoms with Gasteiger partial charge in [-0.1, -0.05) is 60.4 Å². The van der Waals surface area contributed by atoms with E-state index in [-0.39, 0.29) is 36.8 Å². The van der Waals surface area contributed by atoms with Crippen LogP contribution in [0.1, 0.15) is 15.1 Å². The Kier molecular flexibility index (Phi) is 0.987. The Bertz CT molecular complexity index is 1440. The van der Waals surface area contributed by atoms with E-state index in [1.54, 1.807) is 0 Å². The van der Waals surface area contributed by atoms with Gasteiger partial charge < -0.3 is 0 Å². The molecular weight excluding hydrogens is 296 g/mol. The molecule has 1 heteroatoms. The van der Waals surface area contributed by atoms with Gasteiger partial charge in [0.25, 0.3) is 0 Å². The number of rotatable bonds is 0. The lowest BCUT2D eigenvalue weighted by atomic mass is 9.98. The molecule has 0 saturated heterocycles. The largest absolute Gasteiger partial charge is 0.0636 e. The van der Waals surface area contributed by atoms with E-state index in [0.29, 0.717) is 0 Å². The average molecular weight is 318 g/mol. The second-order valence-corrected chi connectivity index (χ2v) is 4.73. The van der Waals surface area contributed by atoms with Gasteiger partial charge in [-0.05, 0) is 54.3 Å². The number of halogens is 1. The fourth-order valence-electron chi connectivity index (χ4n) is 2.02. The molecule has 0 radical (unpaired) electrons. The van der Waals surface area contributed by atoms with Crippen LogP contribution in [0.15, 0.2) is 70.9 Å². The Morgan fingerprint density at radius 2 is 1.32 bits per heavy atom. The van der Waals surface area contributed by atoms with Gasteiger partial charge in [0.05, 0.1) is 15.1 Å². The van der Waals surface area contributed by atoms with E-state index in [1.807, 2.05) is 0 Å². The summed E-state index contributed by atoms with van der Waals surface area (Å²) in [6.45, 7) is 0. The van der Waals surface area contributed by atoms with E-state index in [2.05, 4.69) is 15.9 Å². The summed E-state index contributed by atoms with van der Waals surface area (Å²) in [6.07, 6.45) is 0.